The molecule has 162 valence electrons. The molecule has 0 radical (unpaired) electrons. The van der Waals surface area contributed by atoms with Crippen molar-refractivity contribution in [2.75, 3.05) is 42.3 Å². The van der Waals surface area contributed by atoms with Gasteiger partial charge in [-0.25, -0.2) is 9.97 Å². The van der Waals surface area contributed by atoms with Gasteiger partial charge in [0.1, 0.15) is 11.6 Å². The van der Waals surface area contributed by atoms with Gasteiger partial charge in [0.05, 0.1) is 10.6 Å². The zero-order valence-electron chi connectivity index (χ0n) is 17.7. The number of fused-ring (bicyclic) bond motifs is 1. The van der Waals surface area contributed by atoms with E-state index in [2.05, 4.69) is 25.2 Å². The first kappa shape index (κ1) is 20.3. The third kappa shape index (κ3) is 3.85. The molecular formula is C22H22N8OS. The van der Waals surface area contributed by atoms with Gasteiger partial charge in [-0.2, -0.15) is 0 Å². The molecule has 0 unspecified atom stereocenters. The van der Waals surface area contributed by atoms with Crippen molar-refractivity contribution in [2.24, 2.45) is 5.73 Å². The van der Waals surface area contributed by atoms with Crippen LogP contribution < -0.4 is 20.9 Å². The minimum Gasteiger partial charge on any atom is -0.354 e. The van der Waals surface area contributed by atoms with Gasteiger partial charge in [-0.1, -0.05) is 11.3 Å². The summed E-state index contributed by atoms with van der Waals surface area (Å²) >= 11 is 1.58. The number of aromatic nitrogens is 4. The standard InChI is InChI=1S/C22H22N8OS/c1-29(2)22-26-10-18(32-22)17-7-14-8-19(28-21(31)13-3-5-24-6-4-13)27-20(16(14)9-25-17)30-11-15(23)12-30/h3-10,15H,11-12,23H2,1-2H3,(H,27,28,31). The van der Waals surface area contributed by atoms with E-state index in [1.807, 2.05) is 43.5 Å². The molecule has 4 aromatic rings. The molecule has 0 bridgehead atoms. The molecule has 1 amide bonds. The number of thiazole rings is 1. The topological polar surface area (TPSA) is 113 Å². The third-order valence-electron chi connectivity index (χ3n) is 5.22. The molecule has 0 aromatic carbocycles. The summed E-state index contributed by atoms with van der Waals surface area (Å²) < 4.78 is 0. The lowest BCUT2D eigenvalue weighted by Crippen LogP contribution is -2.56. The molecule has 0 atom stereocenters. The van der Waals surface area contributed by atoms with Crippen LogP contribution in [0.25, 0.3) is 21.3 Å². The second-order valence-electron chi connectivity index (χ2n) is 7.88. The first-order chi connectivity index (χ1) is 15.5. The van der Waals surface area contributed by atoms with Crippen molar-refractivity contribution in [3.8, 4) is 10.6 Å². The summed E-state index contributed by atoms with van der Waals surface area (Å²) in [6, 6.07) is 7.34. The molecule has 0 spiro atoms. The van der Waals surface area contributed by atoms with Crippen LogP contribution in [0.4, 0.5) is 16.8 Å². The van der Waals surface area contributed by atoms with Crippen LogP contribution in [0.15, 0.2) is 49.1 Å². The summed E-state index contributed by atoms with van der Waals surface area (Å²) in [5, 5.41) is 5.68. The molecule has 32 heavy (non-hydrogen) atoms. The van der Waals surface area contributed by atoms with Crippen molar-refractivity contribution in [3.05, 3.63) is 54.6 Å². The molecule has 4 aromatic heterocycles. The molecule has 0 saturated carbocycles. The molecule has 0 aliphatic carbocycles. The van der Waals surface area contributed by atoms with Gasteiger partial charge in [-0.05, 0) is 29.7 Å². The Balaban J connectivity index is 1.55. The van der Waals surface area contributed by atoms with Crippen molar-refractivity contribution in [2.45, 2.75) is 6.04 Å². The fourth-order valence-electron chi connectivity index (χ4n) is 3.54. The Bertz CT molecular complexity index is 1280. The van der Waals surface area contributed by atoms with E-state index in [0.29, 0.717) is 24.5 Å². The summed E-state index contributed by atoms with van der Waals surface area (Å²) in [4.78, 5) is 35.5. The van der Waals surface area contributed by atoms with Crippen LogP contribution in [0.1, 0.15) is 10.4 Å². The van der Waals surface area contributed by atoms with Gasteiger partial charge < -0.3 is 20.9 Å². The number of nitrogens with one attached hydrogen (secondary N) is 1. The molecule has 1 aliphatic heterocycles. The number of rotatable bonds is 5. The van der Waals surface area contributed by atoms with Crippen molar-refractivity contribution in [1.29, 1.82) is 0 Å². The van der Waals surface area contributed by atoms with Crippen molar-refractivity contribution in [1.82, 2.24) is 19.9 Å². The number of carbonyl (C=O) groups is 1. The Labute approximate surface area is 189 Å². The molecule has 1 fully saturated rings. The van der Waals surface area contributed by atoms with Gasteiger partial charge in [0, 0.05) is 69.0 Å². The van der Waals surface area contributed by atoms with Crippen LogP contribution in [-0.4, -0.2) is 59.1 Å². The van der Waals surface area contributed by atoms with Crippen molar-refractivity contribution < 1.29 is 4.79 Å². The zero-order chi connectivity index (χ0) is 22.2. The average molecular weight is 447 g/mol. The van der Waals surface area contributed by atoms with Gasteiger partial charge in [0.25, 0.3) is 5.91 Å². The van der Waals surface area contributed by atoms with E-state index in [-0.39, 0.29) is 11.9 Å². The first-order valence-electron chi connectivity index (χ1n) is 10.1. The second kappa shape index (κ2) is 8.13. The van der Waals surface area contributed by atoms with Gasteiger partial charge in [0.15, 0.2) is 5.13 Å². The Morgan fingerprint density at radius 1 is 1.19 bits per heavy atom. The maximum Gasteiger partial charge on any atom is 0.256 e. The number of anilines is 3. The normalized spacial score (nSPS) is 13.8. The largest absolute Gasteiger partial charge is 0.354 e. The van der Waals surface area contributed by atoms with Crippen LogP contribution >= 0.6 is 11.3 Å². The highest BCUT2D eigenvalue weighted by Gasteiger charge is 2.27. The van der Waals surface area contributed by atoms with Crippen LogP contribution in [-0.2, 0) is 0 Å². The SMILES string of the molecule is CN(C)c1ncc(-c2cc3cc(NC(=O)c4ccncc4)nc(N4CC(N)C4)c3cn2)s1. The van der Waals surface area contributed by atoms with Crippen LogP contribution in [0.5, 0.6) is 0 Å². The summed E-state index contributed by atoms with van der Waals surface area (Å²) in [5.74, 6) is 1.01. The molecular weight excluding hydrogens is 424 g/mol. The number of carbonyl (C=O) groups excluding carboxylic acids is 1. The maximum absolute atomic E-state index is 12.7. The van der Waals surface area contributed by atoms with E-state index in [0.717, 1.165) is 32.3 Å². The van der Waals surface area contributed by atoms with E-state index in [1.54, 1.807) is 35.9 Å². The van der Waals surface area contributed by atoms with E-state index in [9.17, 15) is 4.79 Å². The lowest BCUT2D eigenvalue weighted by molar-refractivity contribution is 0.102. The molecule has 1 aliphatic rings. The van der Waals surface area contributed by atoms with E-state index in [1.165, 1.54) is 0 Å². The minimum atomic E-state index is -0.238. The van der Waals surface area contributed by atoms with Gasteiger partial charge in [-0.15, -0.1) is 0 Å². The smallest absolute Gasteiger partial charge is 0.256 e. The highest BCUT2D eigenvalue weighted by molar-refractivity contribution is 7.18. The number of pyridine rings is 3. The van der Waals surface area contributed by atoms with E-state index >= 15 is 0 Å². The van der Waals surface area contributed by atoms with Crippen molar-refractivity contribution in [3.63, 3.8) is 0 Å². The summed E-state index contributed by atoms with van der Waals surface area (Å²) in [6.07, 6.45) is 6.84. The van der Waals surface area contributed by atoms with Gasteiger partial charge in [-0.3, -0.25) is 14.8 Å². The summed E-state index contributed by atoms with van der Waals surface area (Å²) in [6.45, 7) is 1.43. The molecule has 5 rings (SSSR count). The number of nitrogens with two attached hydrogens (primary N) is 1. The highest BCUT2D eigenvalue weighted by atomic mass is 32.1. The van der Waals surface area contributed by atoms with Crippen molar-refractivity contribution >= 4 is 44.8 Å². The summed E-state index contributed by atoms with van der Waals surface area (Å²) in [5.41, 5.74) is 7.35. The lowest BCUT2D eigenvalue weighted by Gasteiger charge is -2.38. The van der Waals surface area contributed by atoms with Crippen LogP contribution in [0, 0.1) is 0 Å². The minimum absolute atomic E-state index is 0.121. The predicted octanol–water partition coefficient (Wildman–Crippen LogP) is 2.61. The summed E-state index contributed by atoms with van der Waals surface area (Å²) in [7, 11) is 3.92. The maximum atomic E-state index is 12.7. The lowest BCUT2D eigenvalue weighted by atomic mass is 10.1. The van der Waals surface area contributed by atoms with Gasteiger partial charge in [0.2, 0.25) is 0 Å². The average Bonchev–Trinajstić information content (AvgIpc) is 3.27. The monoisotopic (exact) mass is 446 g/mol. The Morgan fingerprint density at radius 3 is 2.66 bits per heavy atom. The molecule has 3 N–H and O–H groups in total. The fourth-order valence-corrected chi connectivity index (χ4v) is 4.34. The number of amides is 1. The zero-order valence-corrected chi connectivity index (χ0v) is 18.5. The number of nitrogens with zero attached hydrogens (tertiary/aromatic N) is 6. The van der Waals surface area contributed by atoms with E-state index in [4.69, 9.17) is 10.7 Å². The van der Waals surface area contributed by atoms with Gasteiger partial charge >= 0.3 is 0 Å². The highest BCUT2D eigenvalue weighted by Crippen LogP contribution is 2.34. The molecule has 10 heteroatoms. The van der Waals surface area contributed by atoms with Crippen LogP contribution in [0.2, 0.25) is 0 Å². The quantitative estimate of drug-likeness (QED) is 0.481. The fraction of sp³-hybridized carbons (Fsp3) is 0.227. The first-order valence-corrected chi connectivity index (χ1v) is 11.0. The Hall–Kier alpha value is -3.63. The Morgan fingerprint density at radius 2 is 1.97 bits per heavy atom. The van der Waals surface area contributed by atoms with E-state index < -0.39 is 0 Å². The Kier molecular flexibility index (Phi) is 5.16. The predicted molar refractivity (Wildman–Crippen MR) is 127 cm³/mol. The number of hydrogen-bond acceptors (Lipinski definition) is 9. The molecule has 1 saturated heterocycles. The second-order valence-corrected chi connectivity index (χ2v) is 8.89. The number of hydrogen-bond donors (Lipinski definition) is 2. The molecule has 5 heterocycles. The third-order valence-corrected chi connectivity index (χ3v) is 6.40. The molecule has 9 nitrogen and oxygen atoms in total. The van der Waals surface area contributed by atoms with Crippen LogP contribution in [0.3, 0.4) is 0 Å².